The smallest absolute Gasteiger partial charge is 0.374 e. The molecule has 1 aromatic carbocycles. The molecule has 2 heterocycles. The first-order valence-electron chi connectivity index (χ1n) is 5.89. The van der Waals surface area contributed by atoms with Crippen LogP contribution in [-0.4, -0.2) is 15.6 Å². The molecule has 8 heteroatoms. The van der Waals surface area contributed by atoms with E-state index in [-0.39, 0.29) is 12.4 Å². The van der Waals surface area contributed by atoms with E-state index < -0.39 is 5.97 Å². The van der Waals surface area contributed by atoms with Crippen LogP contribution in [-0.2, 0) is 11.3 Å². The Labute approximate surface area is 133 Å². The van der Waals surface area contributed by atoms with E-state index >= 15 is 0 Å². The molecule has 21 heavy (non-hydrogen) atoms. The molecule has 0 radical (unpaired) electrons. The minimum atomic E-state index is -0.594. The van der Waals surface area contributed by atoms with Crippen molar-refractivity contribution in [2.75, 3.05) is 0 Å². The molecule has 0 saturated heterocycles. The molecule has 0 aliphatic rings. The second-order valence-corrected chi connectivity index (χ2v) is 6.01. The number of furan rings is 1. The van der Waals surface area contributed by atoms with Crippen LogP contribution in [0.2, 0.25) is 9.36 Å². The van der Waals surface area contributed by atoms with Crippen molar-refractivity contribution in [1.82, 2.24) is 9.59 Å². The number of nitrogens with zero attached hydrogens (tertiary/aromatic N) is 2. The summed E-state index contributed by atoms with van der Waals surface area (Å²) in [5, 5.41) is 4.99. The number of halogens is 2. The third kappa shape index (κ3) is 2.62. The Balaban J connectivity index is 1.86. The van der Waals surface area contributed by atoms with Gasteiger partial charge in [0.1, 0.15) is 16.6 Å². The fourth-order valence-corrected chi connectivity index (χ4v) is 2.70. The van der Waals surface area contributed by atoms with Gasteiger partial charge in [-0.15, -0.1) is 5.10 Å². The normalized spacial score (nSPS) is 11.0. The Bertz CT molecular complexity index is 828. The molecule has 3 aromatic rings. The number of hydrogen-bond acceptors (Lipinski definition) is 6. The van der Waals surface area contributed by atoms with Crippen LogP contribution in [0, 0.1) is 6.92 Å². The van der Waals surface area contributed by atoms with Crippen LogP contribution in [0.5, 0.6) is 0 Å². The Morgan fingerprint density at radius 1 is 1.43 bits per heavy atom. The molecule has 0 amide bonds. The second kappa shape index (κ2) is 5.63. The van der Waals surface area contributed by atoms with Gasteiger partial charge in [-0.05, 0) is 13.0 Å². The number of hydrogen-bond donors (Lipinski definition) is 0. The fourth-order valence-electron chi connectivity index (χ4n) is 1.89. The van der Waals surface area contributed by atoms with Gasteiger partial charge in [-0.1, -0.05) is 39.8 Å². The van der Waals surface area contributed by atoms with Gasteiger partial charge in [0.05, 0.1) is 5.02 Å². The lowest BCUT2D eigenvalue weighted by Gasteiger charge is -2.00. The van der Waals surface area contributed by atoms with Crippen LogP contribution in [0.15, 0.2) is 22.6 Å². The van der Waals surface area contributed by atoms with Gasteiger partial charge in [0.15, 0.2) is 5.58 Å². The van der Waals surface area contributed by atoms with E-state index in [9.17, 15) is 4.79 Å². The van der Waals surface area contributed by atoms with Gasteiger partial charge in [0.25, 0.3) is 0 Å². The fraction of sp³-hybridized carbons (Fsp3) is 0.154. The molecule has 0 aliphatic heterocycles. The van der Waals surface area contributed by atoms with Crippen molar-refractivity contribution in [2.24, 2.45) is 0 Å². The highest BCUT2D eigenvalue weighted by Gasteiger charge is 2.21. The summed E-state index contributed by atoms with van der Waals surface area (Å²) in [5.41, 5.74) is 1.57. The maximum Gasteiger partial charge on any atom is 0.374 e. The van der Waals surface area contributed by atoms with Crippen molar-refractivity contribution in [2.45, 2.75) is 13.5 Å². The lowest BCUT2D eigenvalue weighted by Crippen LogP contribution is -2.06. The monoisotopic (exact) mass is 342 g/mol. The molecule has 0 saturated carbocycles. The zero-order chi connectivity index (χ0) is 15.0. The number of aryl methyl sites for hydroxylation is 1. The number of benzene rings is 1. The van der Waals surface area contributed by atoms with Gasteiger partial charge in [-0.25, -0.2) is 4.79 Å². The van der Waals surface area contributed by atoms with Crippen molar-refractivity contribution in [3.05, 3.63) is 44.6 Å². The Kier molecular flexibility index (Phi) is 3.84. The largest absolute Gasteiger partial charge is 0.453 e. The van der Waals surface area contributed by atoms with E-state index in [0.29, 0.717) is 26.2 Å². The molecule has 2 aromatic heterocycles. The number of carbonyl (C=O) groups is 1. The van der Waals surface area contributed by atoms with Gasteiger partial charge in [-0.3, -0.25) is 0 Å². The zero-order valence-electron chi connectivity index (χ0n) is 10.7. The van der Waals surface area contributed by atoms with E-state index in [0.717, 1.165) is 16.9 Å². The van der Waals surface area contributed by atoms with Gasteiger partial charge in [0, 0.05) is 22.5 Å². The number of esters is 1. The van der Waals surface area contributed by atoms with Crippen molar-refractivity contribution in [3.8, 4) is 0 Å². The lowest BCUT2D eigenvalue weighted by molar-refractivity contribution is 0.0433. The molecule has 0 atom stereocenters. The van der Waals surface area contributed by atoms with Crippen molar-refractivity contribution in [1.29, 1.82) is 0 Å². The van der Waals surface area contributed by atoms with Gasteiger partial charge >= 0.3 is 5.97 Å². The molecule has 0 bridgehead atoms. The van der Waals surface area contributed by atoms with Gasteiger partial charge in [-0.2, -0.15) is 0 Å². The molecule has 0 spiro atoms. The van der Waals surface area contributed by atoms with Crippen molar-refractivity contribution >= 4 is 51.7 Å². The number of carbonyl (C=O) groups excluding carboxylic acids is 1. The molecule has 108 valence electrons. The van der Waals surface area contributed by atoms with E-state index in [2.05, 4.69) is 9.59 Å². The van der Waals surface area contributed by atoms with Crippen LogP contribution in [0.3, 0.4) is 0 Å². The highest BCUT2D eigenvalue weighted by Crippen LogP contribution is 2.31. The molecule has 0 aliphatic carbocycles. The first kappa shape index (κ1) is 14.3. The maximum absolute atomic E-state index is 12.1. The summed E-state index contributed by atoms with van der Waals surface area (Å²) in [5.74, 6) is -0.471. The van der Waals surface area contributed by atoms with Crippen LogP contribution in [0.4, 0.5) is 0 Å². The standard InChI is InChI=1S/C13H8Cl2N2O3S/c1-6-7-3-2-4-8(14)11(7)20-10(6)13(18)19-5-9-12(15)21-17-16-9/h2-4H,5H2,1H3. The first-order chi connectivity index (χ1) is 10.1. The minimum Gasteiger partial charge on any atom is -0.453 e. The zero-order valence-corrected chi connectivity index (χ0v) is 13.1. The first-order valence-corrected chi connectivity index (χ1v) is 7.42. The Hall–Kier alpha value is -1.63. The summed E-state index contributed by atoms with van der Waals surface area (Å²) >= 11 is 12.9. The van der Waals surface area contributed by atoms with Gasteiger partial charge < -0.3 is 9.15 Å². The number of aromatic nitrogens is 2. The van der Waals surface area contributed by atoms with Crippen molar-refractivity contribution < 1.29 is 13.9 Å². The summed E-state index contributed by atoms with van der Waals surface area (Å²) < 4.78 is 14.7. The SMILES string of the molecule is Cc1c(C(=O)OCc2nnsc2Cl)oc2c(Cl)cccc12. The molecular formula is C13H8Cl2N2O3S. The van der Waals surface area contributed by atoms with Crippen LogP contribution >= 0.6 is 34.7 Å². The van der Waals surface area contributed by atoms with E-state index in [1.165, 1.54) is 0 Å². The third-order valence-corrected chi connectivity index (χ3v) is 4.23. The summed E-state index contributed by atoms with van der Waals surface area (Å²) in [6.07, 6.45) is 0. The average molecular weight is 343 g/mol. The Morgan fingerprint density at radius 2 is 2.24 bits per heavy atom. The molecule has 5 nitrogen and oxygen atoms in total. The molecule has 0 N–H and O–H groups in total. The summed E-state index contributed by atoms with van der Waals surface area (Å²) in [6.45, 7) is 1.72. The summed E-state index contributed by atoms with van der Waals surface area (Å²) in [7, 11) is 0. The van der Waals surface area contributed by atoms with E-state index in [1.54, 1.807) is 19.1 Å². The predicted octanol–water partition coefficient (Wildman–Crippen LogP) is 4.26. The predicted molar refractivity (Wildman–Crippen MR) is 80.0 cm³/mol. The number of ether oxygens (including phenoxy) is 1. The molecule has 0 unspecified atom stereocenters. The minimum absolute atomic E-state index is 0.0572. The van der Waals surface area contributed by atoms with Crippen molar-refractivity contribution in [3.63, 3.8) is 0 Å². The highest BCUT2D eigenvalue weighted by atomic mass is 35.5. The summed E-state index contributed by atoms with van der Waals surface area (Å²) in [4.78, 5) is 12.1. The number of para-hydroxylation sites is 1. The number of rotatable bonds is 3. The van der Waals surface area contributed by atoms with Crippen LogP contribution < -0.4 is 0 Å². The van der Waals surface area contributed by atoms with E-state index in [4.69, 9.17) is 32.4 Å². The highest BCUT2D eigenvalue weighted by molar-refractivity contribution is 7.10. The quantitative estimate of drug-likeness (QED) is 0.665. The van der Waals surface area contributed by atoms with Crippen LogP contribution in [0.1, 0.15) is 21.8 Å². The third-order valence-electron chi connectivity index (χ3n) is 2.95. The maximum atomic E-state index is 12.1. The molecular weight excluding hydrogens is 335 g/mol. The number of fused-ring (bicyclic) bond motifs is 1. The molecule has 3 rings (SSSR count). The molecule has 0 fully saturated rings. The lowest BCUT2D eigenvalue weighted by atomic mass is 10.1. The van der Waals surface area contributed by atoms with Gasteiger partial charge in [0.2, 0.25) is 5.76 Å². The summed E-state index contributed by atoms with van der Waals surface area (Å²) in [6, 6.07) is 5.32. The second-order valence-electron chi connectivity index (χ2n) is 4.24. The topological polar surface area (TPSA) is 65.2 Å². The van der Waals surface area contributed by atoms with E-state index in [1.807, 2.05) is 6.07 Å². The van der Waals surface area contributed by atoms with Crippen LogP contribution in [0.25, 0.3) is 11.0 Å². The average Bonchev–Trinajstić information content (AvgIpc) is 3.02. The Morgan fingerprint density at radius 3 is 2.90 bits per heavy atom.